The Morgan fingerprint density at radius 3 is 2.68 bits per heavy atom. The fourth-order valence-electron chi connectivity index (χ4n) is 3.18. The van der Waals surface area contributed by atoms with Crippen molar-refractivity contribution >= 4 is 67.5 Å². The summed E-state index contributed by atoms with van der Waals surface area (Å²) in [4.78, 5) is 30.7. The van der Waals surface area contributed by atoms with Gasteiger partial charge in [-0.2, -0.15) is 0 Å². The van der Waals surface area contributed by atoms with Crippen LogP contribution in [0, 0.1) is 6.92 Å². The number of fused-ring (bicyclic) bond motifs is 2. The molecule has 3 aromatic rings. The van der Waals surface area contributed by atoms with Crippen molar-refractivity contribution in [3.63, 3.8) is 0 Å². The van der Waals surface area contributed by atoms with Crippen molar-refractivity contribution < 1.29 is 19.4 Å². The number of aryl methyl sites for hydroxylation is 1. The van der Waals surface area contributed by atoms with E-state index in [2.05, 4.69) is 4.98 Å². The number of nitrogens with zero attached hydrogens (tertiary/aromatic N) is 2. The van der Waals surface area contributed by atoms with Gasteiger partial charge in [-0.05, 0) is 37.6 Å². The van der Waals surface area contributed by atoms with Crippen LogP contribution in [0.2, 0.25) is 10.0 Å². The van der Waals surface area contributed by atoms with Gasteiger partial charge in [-0.15, -0.1) is 0 Å². The summed E-state index contributed by atoms with van der Waals surface area (Å²) in [6.07, 6.45) is -0.484. The van der Waals surface area contributed by atoms with Gasteiger partial charge in [0.15, 0.2) is 10.7 Å². The van der Waals surface area contributed by atoms with Crippen LogP contribution in [0.5, 0.6) is 5.75 Å². The average molecular weight is 437 g/mol. The summed E-state index contributed by atoms with van der Waals surface area (Å²) in [5, 5.41) is 10.6. The van der Waals surface area contributed by atoms with E-state index in [0.29, 0.717) is 36.8 Å². The molecule has 4 rings (SSSR count). The number of carboxylic acid groups (broad SMARTS) is 1. The number of para-hydroxylation sites is 1. The summed E-state index contributed by atoms with van der Waals surface area (Å²) in [6, 6.07) is 8.67. The van der Waals surface area contributed by atoms with Crippen LogP contribution in [-0.2, 0) is 9.59 Å². The molecule has 1 atom stereocenters. The fraction of sp³-hybridized carbons (Fsp3) is 0.211. The van der Waals surface area contributed by atoms with E-state index in [1.807, 2.05) is 13.0 Å². The highest BCUT2D eigenvalue weighted by Crippen LogP contribution is 2.47. The number of hydrogen-bond acceptors (Lipinski definition) is 5. The third kappa shape index (κ3) is 2.90. The van der Waals surface area contributed by atoms with E-state index >= 15 is 0 Å². The molecule has 1 N–H and O–H groups in total. The van der Waals surface area contributed by atoms with Gasteiger partial charge < -0.3 is 9.84 Å². The van der Waals surface area contributed by atoms with Crippen LogP contribution < -0.4 is 9.64 Å². The van der Waals surface area contributed by atoms with Crippen molar-refractivity contribution in [2.45, 2.75) is 25.9 Å². The number of amides is 1. The molecule has 9 heteroatoms. The second-order valence-corrected chi connectivity index (χ2v) is 8.46. The number of carbonyl (C=O) groups is 2. The molecule has 0 aliphatic carbocycles. The Morgan fingerprint density at radius 2 is 2.00 bits per heavy atom. The largest absolute Gasteiger partial charge is 0.481 e. The normalized spacial score (nSPS) is 18.9. The third-order valence-corrected chi connectivity index (χ3v) is 6.34. The third-order valence-electron chi connectivity index (χ3n) is 4.53. The van der Waals surface area contributed by atoms with E-state index in [0.717, 1.165) is 5.56 Å². The summed E-state index contributed by atoms with van der Waals surface area (Å²) in [5.74, 6) is -1.20. The first-order valence-corrected chi connectivity index (χ1v) is 9.88. The molecule has 0 saturated heterocycles. The molecular weight excluding hydrogens is 423 g/mol. The van der Waals surface area contributed by atoms with Crippen LogP contribution >= 0.6 is 34.5 Å². The molecule has 1 aromatic heterocycles. The molecule has 0 saturated carbocycles. The number of aliphatic carboxylic acids is 1. The molecule has 144 valence electrons. The number of ether oxygens (including phenoxy) is 1. The van der Waals surface area contributed by atoms with Gasteiger partial charge in [0.05, 0.1) is 26.9 Å². The predicted octanol–water partition coefficient (Wildman–Crippen LogP) is 5.20. The van der Waals surface area contributed by atoms with Crippen LogP contribution in [0.25, 0.3) is 10.2 Å². The van der Waals surface area contributed by atoms with Crippen molar-refractivity contribution in [2.24, 2.45) is 0 Å². The van der Waals surface area contributed by atoms with E-state index in [1.165, 1.54) is 23.2 Å². The Kier molecular flexibility index (Phi) is 4.49. The first-order valence-electron chi connectivity index (χ1n) is 8.31. The number of aromatic nitrogens is 1. The lowest BCUT2D eigenvalue weighted by Gasteiger charge is -2.39. The number of carboxylic acids is 1. The number of benzene rings is 2. The van der Waals surface area contributed by atoms with Crippen LogP contribution in [0.1, 0.15) is 18.9 Å². The number of anilines is 2. The Hall–Kier alpha value is -2.35. The highest BCUT2D eigenvalue weighted by molar-refractivity contribution is 7.23. The molecule has 1 amide bonds. The van der Waals surface area contributed by atoms with Gasteiger partial charge in [0.25, 0.3) is 5.91 Å². The Morgan fingerprint density at radius 1 is 1.29 bits per heavy atom. The topological polar surface area (TPSA) is 79.7 Å². The Balaban J connectivity index is 1.96. The van der Waals surface area contributed by atoms with E-state index in [9.17, 15) is 14.7 Å². The monoisotopic (exact) mass is 436 g/mol. The summed E-state index contributed by atoms with van der Waals surface area (Å²) < 4.78 is 6.55. The lowest BCUT2D eigenvalue weighted by Crippen LogP contribution is -2.53. The molecule has 2 aromatic carbocycles. The summed E-state index contributed by atoms with van der Waals surface area (Å²) in [7, 11) is 0. The van der Waals surface area contributed by atoms with Gasteiger partial charge in [-0.25, -0.2) is 9.88 Å². The van der Waals surface area contributed by atoms with Crippen molar-refractivity contribution in [3.05, 3.63) is 45.9 Å². The molecule has 1 unspecified atom stereocenters. The molecule has 2 heterocycles. The maximum Gasteiger partial charge on any atom is 0.307 e. The first-order chi connectivity index (χ1) is 13.2. The molecule has 28 heavy (non-hydrogen) atoms. The van der Waals surface area contributed by atoms with Gasteiger partial charge >= 0.3 is 5.97 Å². The van der Waals surface area contributed by atoms with Gasteiger partial charge in [0, 0.05) is 0 Å². The molecule has 0 spiro atoms. The van der Waals surface area contributed by atoms with Crippen molar-refractivity contribution in [3.8, 4) is 5.75 Å². The molecule has 1 aliphatic heterocycles. The smallest absolute Gasteiger partial charge is 0.307 e. The number of rotatable bonds is 3. The SMILES string of the molecule is Cc1cccc2c1OC(C)(CC(=O)O)C(=O)N2c1nc2c(Cl)ccc(Cl)c2s1. The van der Waals surface area contributed by atoms with Gasteiger partial charge in [0.2, 0.25) is 0 Å². The molecule has 0 fully saturated rings. The summed E-state index contributed by atoms with van der Waals surface area (Å²) in [6.45, 7) is 3.30. The number of thiazole rings is 1. The molecule has 0 radical (unpaired) electrons. The minimum absolute atomic E-state index is 0.349. The van der Waals surface area contributed by atoms with Crippen molar-refractivity contribution in [1.82, 2.24) is 4.98 Å². The minimum Gasteiger partial charge on any atom is -0.481 e. The lowest BCUT2D eigenvalue weighted by atomic mass is 9.96. The predicted molar refractivity (Wildman–Crippen MR) is 109 cm³/mol. The Bertz CT molecular complexity index is 1110. The quantitative estimate of drug-likeness (QED) is 0.609. The zero-order chi connectivity index (χ0) is 20.2. The maximum absolute atomic E-state index is 13.3. The number of carbonyl (C=O) groups excluding carboxylic acids is 1. The van der Waals surface area contributed by atoms with Gasteiger partial charge in [-0.3, -0.25) is 9.59 Å². The molecule has 6 nitrogen and oxygen atoms in total. The summed E-state index contributed by atoms with van der Waals surface area (Å²) in [5.41, 5.74) is 0.196. The van der Waals surface area contributed by atoms with Crippen LogP contribution in [0.3, 0.4) is 0 Å². The zero-order valence-corrected chi connectivity index (χ0v) is 17.2. The standard InChI is InChI=1S/C19H14Cl2N2O4S/c1-9-4-3-5-12-15(9)27-19(2,8-13(24)25)17(26)23(12)18-22-14-10(20)6-7-11(21)16(14)28-18/h3-7H,8H2,1-2H3,(H,24,25). The highest BCUT2D eigenvalue weighted by Gasteiger charge is 2.48. The Labute approximate surface area is 174 Å². The maximum atomic E-state index is 13.3. The van der Waals surface area contributed by atoms with E-state index < -0.39 is 23.9 Å². The van der Waals surface area contributed by atoms with E-state index in [1.54, 1.807) is 24.3 Å². The van der Waals surface area contributed by atoms with E-state index in [-0.39, 0.29) is 0 Å². The van der Waals surface area contributed by atoms with Gasteiger partial charge in [0.1, 0.15) is 11.3 Å². The van der Waals surface area contributed by atoms with Crippen molar-refractivity contribution in [2.75, 3.05) is 4.90 Å². The zero-order valence-electron chi connectivity index (χ0n) is 14.8. The van der Waals surface area contributed by atoms with Crippen LogP contribution in [0.15, 0.2) is 30.3 Å². The van der Waals surface area contributed by atoms with Crippen molar-refractivity contribution in [1.29, 1.82) is 0 Å². The highest BCUT2D eigenvalue weighted by atomic mass is 35.5. The molecular formula is C19H14Cl2N2O4S. The summed E-state index contributed by atoms with van der Waals surface area (Å²) >= 11 is 13.7. The fourth-order valence-corrected chi connectivity index (χ4v) is 4.71. The first kappa shape index (κ1) is 19.0. The van der Waals surface area contributed by atoms with Crippen LogP contribution in [-0.4, -0.2) is 27.6 Å². The molecule has 1 aliphatic rings. The van der Waals surface area contributed by atoms with Crippen LogP contribution in [0.4, 0.5) is 10.8 Å². The number of hydrogen-bond donors (Lipinski definition) is 1. The van der Waals surface area contributed by atoms with E-state index in [4.69, 9.17) is 27.9 Å². The second kappa shape index (κ2) is 6.62. The lowest BCUT2D eigenvalue weighted by molar-refractivity contribution is -0.148. The molecule has 0 bridgehead atoms. The second-order valence-electron chi connectivity index (χ2n) is 6.67. The minimum atomic E-state index is -1.57. The average Bonchev–Trinajstić information content (AvgIpc) is 3.06. The van der Waals surface area contributed by atoms with Gasteiger partial charge in [-0.1, -0.05) is 46.7 Å². The number of halogens is 2.